The van der Waals surface area contributed by atoms with Crippen molar-refractivity contribution in [3.63, 3.8) is 0 Å². The molecule has 1 aromatic heterocycles. The zero-order valence-corrected chi connectivity index (χ0v) is 9.45. The van der Waals surface area contributed by atoms with E-state index in [0.717, 1.165) is 5.56 Å². The van der Waals surface area contributed by atoms with Crippen LogP contribution in [0.15, 0.2) is 47.3 Å². The van der Waals surface area contributed by atoms with Crippen molar-refractivity contribution in [1.29, 1.82) is 5.41 Å². The van der Waals surface area contributed by atoms with E-state index in [1.807, 2.05) is 30.3 Å². The molecule has 2 aromatic rings. The van der Waals surface area contributed by atoms with Gasteiger partial charge in [0.1, 0.15) is 5.82 Å². The molecule has 0 unspecified atom stereocenters. The van der Waals surface area contributed by atoms with Crippen LogP contribution in [0.2, 0.25) is 0 Å². The summed E-state index contributed by atoms with van der Waals surface area (Å²) in [5.41, 5.74) is 1.69. The molecule has 0 aliphatic rings. The van der Waals surface area contributed by atoms with Crippen molar-refractivity contribution in [3.05, 3.63) is 63.9 Å². The first-order valence-electron chi connectivity index (χ1n) is 5.28. The van der Waals surface area contributed by atoms with Crippen molar-refractivity contribution in [2.75, 3.05) is 12.4 Å². The third-order valence-electron chi connectivity index (χ3n) is 2.50. The Morgan fingerprint density at radius 3 is 2.53 bits per heavy atom. The minimum Gasteiger partial charge on any atom is -0.374 e. The van der Waals surface area contributed by atoms with Gasteiger partial charge in [0, 0.05) is 24.2 Å². The summed E-state index contributed by atoms with van der Waals surface area (Å²) in [6.07, 6.45) is 0. The van der Waals surface area contributed by atoms with Crippen molar-refractivity contribution in [2.45, 2.75) is 0 Å². The first kappa shape index (κ1) is 11.1. The van der Waals surface area contributed by atoms with E-state index in [9.17, 15) is 4.79 Å². The van der Waals surface area contributed by atoms with Crippen LogP contribution in [0.5, 0.6) is 0 Å². The van der Waals surface area contributed by atoms with Gasteiger partial charge < -0.3 is 10.3 Å². The number of rotatable bonds is 3. The molecule has 1 aromatic carbocycles. The Labute approximate surface area is 98.8 Å². The van der Waals surface area contributed by atoms with Gasteiger partial charge in [0.05, 0.1) is 5.71 Å². The smallest absolute Gasteiger partial charge is 0.249 e. The van der Waals surface area contributed by atoms with E-state index in [1.165, 1.54) is 6.07 Å². The minimum atomic E-state index is -0.182. The molecule has 0 saturated heterocycles. The number of nitrogens with one attached hydrogen (secondary N) is 3. The van der Waals surface area contributed by atoms with Crippen LogP contribution < -0.4 is 10.9 Å². The van der Waals surface area contributed by atoms with Crippen molar-refractivity contribution < 1.29 is 0 Å². The molecule has 0 radical (unpaired) electrons. The molecule has 86 valence electrons. The van der Waals surface area contributed by atoms with E-state index in [2.05, 4.69) is 10.3 Å². The summed E-state index contributed by atoms with van der Waals surface area (Å²) in [5.74, 6) is 0.561. The van der Waals surface area contributed by atoms with Crippen molar-refractivity contribution in [3.8, 4) is 0 Å². The lowest BCUT2D eigenvalue weighted by atomic mass is 10.0. The minimum absolute atomic E-state index is 0.182. The molecule has 17 heavy (non-hydrogen) atoms. The van der Waals surface area contributed by atoms with Gasteiger partial charge in [-0.05, 0) is 6.07 Å². The average molecular weight is 227 g/mol. The predicted octanol–water partition coefficient (Wildman–Crippen LogP) is 1.83. The van der Waals surface area contributed by atoms with Gasteiger partial charge in [-0.15, -0.1) is 0 Å². The fraction of sp³-hybridized carbons (Fsp3) is 0.0769. The van der Waals surface area contributed by atoms with Crippen LogP contribution in [0.1, 0.15) is 11.1 Å². The number of anilines is 1. The molecular formula is C13H13N3O. The second-order valence-electron chi connectivity index (χ2n) is 3.60. The third-order valence-corrected chi connectivity index (χ3v) is 2.50. The quantitative estimate of drug-likeness (QED) is 0.700. The first-order chi connectivity index (χ1) is 8.22. The number of benzene rings is 1. The highest BCUT2D eigenvalue weighted by molar-refractivity contribution is 6.13. The van der Waals surface area contributed by atoms with Crippen LogP contribution in [0.25, 0.3) is 0 Å². The second kappa shape index (κ2) is 4.65. The number of hydrogen-bond acceptors (Lipinski definition) is 3. The topological polar surface area (TPSA) is 68.7 Å². The maximum Gasteiger partial charge on any atom is 0.249 e. The fourth-order valence-electron chi connectivity index (χ4n) is 1.64. The van der Waals surface area contributed by atoms with E-state index in [1.54, 1.807) is 13.1 Å². The highest BCUT2D eigenvalue weighted by Gasteiger charge is 2.09. The van der Waals surface area contributed by atoms with E-state index >= 15 is 0 Å². The zero-order chi connectivity index (χ0) is 12.3. The number of aromatic amines is 1. The summed E-state index contributed by atoms with van der Waals surface area (Å²) in [6, 6.07) is 12.5. The standard InChI is InChI=1S/C13H13N3O/c1-15-13-10(7-8-11(17)16-13)12(14)9-5-3-2-4-6-9/h2-8,14H,1H3,(H2,15,16,17). The Morgan fingerprint density at radius 1 is 1.18 bits per heavy atom. The number of H-pyrrole nitrogens is 1. The predicted molar refractivity (Wildman–Crippen MR) is 69.0 cm³/mol. The molecule has 4 heteroatoms. The maximum atomic E-state index is 11.2. The zero-order valence-electron chi connectivity index (χ0n) is 9.45. The molecule has 0 atom stereocenters. The number of pyridine rings is 1. The Kier molecular flexibility index (Phi) is 3.05. The molecule has 3 N–H and O–H groups in total. The molecule has 0 amide bonds. The normalized spacial score (nSPS) is 9.94. The Morgan fingerprint density at radius 2 is 1.88 bits per heavy atom. The summed E-state index contributed by atoms with van der Waals surface area (Å²) < 4.78 is 0. The summed E-state index contributed by atoms with van der Waals surface area (Å²) >= 11 is 0. The summed E-state index contributed by atoms with van der Waals surface area (Å²) in [6.45, 7) is 0. The Bertz CT molecular complexity index is 587. The second-order valence-corrected chi connectivity index (χ2v) is 3.60. The molecule has 4 nitrogen and oxygen atoms in total. The molecule has 0 bridgehead atoms. The van der Waals surface area contributed by atoms with Crippen molar-refractivity contribution in [1.82, 2.24) is 4.98 Å². The summed E-state index contributed by atoms with van der Waals surface area (Å²) in [5, 5.41) is 11.0. The van der Waals surface area contributed by atoms with Gasteiger partial charge in [0.25, 0.3) is 0 Å². The lowest BCUT2D eigenvalue weighted by Gasteiger charge is -2.09. The van der Waals surface area contributed by atoms with E-state index < -0.39 is 0 Å². The van der Waals surface area contributed by atoms with Crippen LogP contribution in [0, 0.1) is 5.41 Å². The van der Waals surface area contributed by atoms with Gasteiger partial charge in [0.2, 0.25) is 5.56 Å². The largest absolute Gasteiger partial charge is 0.374 e. The fourth-order valence-corrected chi connectivity index (χ4v) is 1.64. The van der Waals surface area contributed by atoms with Crippen LogP contribution in [-0.2, 0) is 0 Å². The van der Waals surface area contributed by atoms with Gasteiger partial charge in [-0.2, -0.15) is 0 Å². The van der Waals surface area contributed by atoms with E-state index in [0.29, 0.717) is 17.1 Å². The molecule has 0 saturated carbocycles. The van der Waals surface area contributed by atoms with Gasteiger partial charge in [-0.25, -0.2) is 0 Å². The van der Waals surface area contributed by atoms with E-state index in [4.69, 9.17) is 5.41 Å². The molecule has 0 aliphatic carbocycles. The molecule has 0 spiro atoms. The monoisotopic (exact) mass is 227 g/mol. The highest BCUT2D eigenvalue weighted by atomic mass is 16.1. The van der Waals surface area contributed by atoms with Gasteiger partial charge >= 0.3 is 0 Å². The van der Waals surface area contributed by atoms with Gasteiger partial charge in [0.15, 0.2) is 0 Å². The first-order valence-corrected chi connectivity index (χ1v) is 5.28. The summed E-state index contributed by atoms with van der Waals surface area (Å²) in [4.78, 5) is 13.9. The van der Waals surface area contributed by atoms with Crippen molar-refractivity contribution in [2.24, 2.45) is 0 Å². The van der Waals surface area contributed by atoms with Gasteiger partial charge in [-0.3, -0.25) is 10.2 Å². The van der Waals surface area contributed by atoms with Crippen LogP contribution in [-0.4, -0.2) is 17.7 Å². The molecule has 1 heterocycles. The Hall–Kier alpha value is -2.36. The highest BCUT2D eigenvalue weighted by Crippen LogP contribution is 2.14. The molecule has 0 aliphatic heterocycles. The third kappa shape index (κ3) is 2.25. The molecular weight excluding hydrogens is 214 g/mol. The average Bonchev–Trinajstić information content (AvgIpc) is 2.39. The van der Waals surface area contributed by atoms with Crippen LogP contribution in [0.3, 0.4) is 0 Å². The summed E-state index contributed by atoms with van der Waals surface area (Å²) in [7, 11) is 1.72. The number of aromatic nitrogens is 1. The Balaban J connectivity index is 2.48. The van der Waals surface area contributed by atoms with Crippen LogP contribution >= 0.6 is 0 Å². The lowest BCUT2D eigenvalue weighted by molar-refractivity contribution is 1.21. The molecule has 2 rings (SSSR count). The van der Waals surface area contributed by atoms with Gasteiger partial charge in [-0.1, -0.05) is 30.3 Å². The van der Waals surface area contributed by atoms with Crippen molar-refractivity contribution >= 4 is 11.5 Å². The molecule has 0 fully saturated rings. The number of hydrogen-bond donors (Lipinski definition) is 3. The van der Waals surface area contributed by atoms with E-state index in [-0.39, 0.29) is 5.56 Å². The van der Waals surface area contributed by atoms with Crippen LogP contribution in [0.4, 0.5) is 5.82 Å². The SMILES string of the molecule is CNc1[nH]c(=O)ccc1C(=N)c1ccccc1. The maximum absolute atomic E-state index is 11.2. The lowest BCUT2D eigenvalue weighted by Crippen LogP contribution is -2.13.